The molecule has 1 aromatic rings. The van der Waals surface area contributed by atoms with E-state index in [2.05, 4.69) is 10.4 Å². The monoisotopic (exact) mass is 244 g/mol. The van der Waals surface area contributed by atoms with E-state index in [1.807, 2.05) is 18.7 Å². The smallest absolute Gasteiger partial charge is 0.0944 e. The molecule has 1 aliphatic rings. The summed E-state index contributed by atoms with van der Waals surface area (Å²) in [7, 11) is 0. The summed E-state index contributed by atoms with van der Waals surface area (Å²) in [6.45, 7) is 2.85. The van der Waals surface area contributed by atoms with E-state index >= 15 is 0 Å². The summed E-state index contributed by atoms with van der Waals surface area (Å²) in [5, 5.41) is 3.19. The number of aromatic nitrogens is 1. The number of hydrogen-bond acceptors (Lipinski definition) is 5. The quantitative estimate of drug-likeness (QED) is 0.874. The van der Waals surface area contributed by atoms with Crippen LogP contribution in [0.5, 0.6) is 0 Å². The Labute approximate surface area is 98.4 Å². The van der Waals surface area contributed by atoms with E-state index in [4.69, 9.17) is 10.5 Å². The Balaban J connectivity index is 1.88. The molecule has 0 saturated carbocycles. The molecule has 0 bridgehead atoms. The Kier molecular flexibility index (Phi) is 4.02. The average molecular weight is 244 g/mol. The first kappa shape index (κ1) is 11.4. The number of thiazole rings is 1. The molecule has 15 heavy (non-hydrogen) atoms. The molecule has 1 aliphatic heterocycles. The van der Waals surface area contributed by atoms with Crippen molar-refractivity contribution in [2.24, 2.45) is 5.73 Å². The van der Waals surface area contributed by atoms with Gasteiger partial charge in [0.15, 0.2) is 0 Å². The molecular formula is C10H16N2OS2. The molecule has 2 N–H and O–H groups in total. The molecule has 1 fully saturated rings. The van der Waals surface area contributed by atoms with Gasteiger partial charge in [-0.25, -0.2) is 4.98 Å². The van der Waals surface area contributed by atoms with Crippen molar-refractivity contribution < 1.29 is 4.74 Å². The molecule has 5 heteroatoms. The third-order valence-corrected chi connectivity index (χ3v) is 4.40. The molecule has 0 spiro atoms. The number of rotatable bonds is 3. The first-order valence-electron chi connectivity index (χ1n) is 5.11. The lowest BCUT2D eigenvalue weighted by Crippen LogP contribution is -2.42. The van der Waals surface area contributed by atoms with E-state index in [9.17, 15) is 0 Å². The van der Waals surface area contributed by atoms with E-state index in [-0.39, 0.29) is 12.1 Å². The minimum absolute atomic E-state index is 0.0864. The van der Waals surface area contributed by atoms with Gasteiger partial charge in [-0.2, -0.15) is 11.8 Å². The van der Waals surface area contributed by atoms with Crippen LogP contribution >= 0.6 is 23.1 Å². The lowest BCUT2D eigenvalue weighted by atomic mass is 10.1. The van der Waals surface area contributed by atoms with Crippen molar-refractivity contribution in [3.63, 3.8) is 0 Å². The normalized spacial score (nSPS) is 24.0. The molecule has 2 heterocycles. The fourth-order valence-electron chi connectivity index (χ4n) is 1.58. The number of aryl methyl sites for hydroxylation is 1. The Morgan fingerprint density at radius 1 is 1.73 bits per heavy atom. The zero-order valence-electron chi connectivity index (χ0n) is 8.81. The zero-order chi connectivity index (χ0) is 10.7. The van der Waals surface area contributed by atoms with Gasteiger partial charge < -0.3 is 10.5 Å². The Bertz CT molecular complexity index is 310. The van der Waals surface area contributed by atoms with Crippen LogP contribution in [-0.2, 0) is 11.2 Å². The van der Waals surface area contributed by atoms with E-state index in [1.54, 1.807) is 11.3 Å². The standard InChI is InChI=1S/C10H16N2OS2/c1-7-5-15-10(12-7)4-8(11)9-6-14-3-2-13-9/h5,8-9H,2-4,6,11H2,1H3. The van der Waals surface area contributed by atoms with Gasteiger partial charge in [-0.1, -0.05) is 0 Å². The van der Waals surface area contributed by atoms with Crippen LogP contribution in [0.3, 0.4) is 0 Å². The van der Waals surface area contributed by atoms with Gasteiger partial charge in [-0.3, -0.25) is 0 Å². The molecule has 2 atom stereocenters. The molecule has 2 rings (SSSR count). The predicted molar refractivity (Wildman–Crippen MR) is 65.6 cm³/mol. The maximum atomic E-state index is 6.12. The second kappa shape index (κ2) is 5.30. The van der Waals surface area contributed by atoms with E-state index < -0.39 is 0 Å². The highest BCUT2D eigenvalue weighted by Gasteiger charge is 2.22. The Morgan fingerprint density at radius 3 is 3.20 bits per heavy atom. The van der Waals surface area contributed by atoms with Gasteiger partial charge in [0.1, 0.15) is 0 Å². The summed E-state index contributed by atoms with van der Waals surface area (Å²) in [5.41, 5.74) is 7.20. The minimum atomic E-state index is 0.0864. The van der Waals surface area contributed by atoms with Crippen LogP contribution < -0.4 is 5.73 Å². The SMILES string of the molecule is Cc1csc(CC(N)C2CSCCO2)n1. The molecule has 0 amide bonds. The van der Waals surface area contributed by atoms with Crippen LogP contribution in [0, 0.1) is 6.92 Å². The molecule has 0 aliphatic carbocycles. The van der Waals surface area contributed by atoms with Crippen LogP contribution in [-0.4, -0.2) is 35.2 Å². The zero-order valence-corrected chi connectivity index (χ0v) is 10.4. The second-order valence-electron chi connectivity index (χ2n) is 3.73. The molecule has 2 unspecified atom stereocenters. The highest BCUT2D eigenvalue weighted by atomic mass is 32.2. The number of thioether (sulfide) groups is 1. The summed E-state index contributed by atoms with van der Waals surface area (Å²) < 4.78 is 5.65. The largest absolute Gasteiger partial charge is 0.375 e. The summed E-state index contributed by atoms with van der Waals surface area (Å²) in [6, 6.07) is 0.0864. The number of nitrogens with zero attached hydrogens (tertiary/aromatic N) is 1. The first-order chi connectivity index (χ1) is 7.25. The fourth-order valence-corrected chi connectivity index (χ4v) is 3.38. The third kappa shape index (κ3) is 3.17. The highest BCUT2D eigenvalue weighted by Crippen LogP contribution is 2.18. The van der Waals surface area contributed by atoms with Crippen LogP contribution in [0.2, 0.25) is 0 Å². The second-order valence-corrected chi connectivity index (χ2v) is 5.83. The first-order valence-corrected chi connectivity index (χ1v) is 7.15. The molecular weight excluding hydrogens is 228 g/mol. The molecule has 0 radical (unpaired) electrons. The molecule has 0 aromatic carbocycles. The number of ether oxygens (including phenoxy) is 1. The number of nitrogens with two attached hydrogens (primary N) is 1. The lowest BCUT2D eigenvalue weighted by Gasteiger charge is -2.27. The lowest BCUT2D eigenvalue weighted by molar-refractivity contribution is 0.0571. The van der Waals surface area contributed by atoms with Crippen LogP contribution in [0.15, 0.2) is 5.38 Å². The van der Waals surface area contributed by atoms with E-state index in [0.717, 1.165) is 35.2 Å². The van der Waals surface area contributed by atoms with Crippen LogP contribution in [0.4, 0.5) is 0 Å². The van der Waals surface area contributed by atoms with Gasteiger partial charge in [-0.05, 0) is 6.92 Å². The van der Waals surface area contributed by atoms with Crippen molar-refractivity contribution in [1.82, 2.24) is 4.98 Å². The number of hydrogen-bond donors (Lipinski definition) is 1. The van der Waals surface area contributed by atoms with Crippen molar-refractivity contribution in [2.75, 3.05) is 18.1 Å². The molecule has 84 valence electrons. The fraction of sp³-hybridized carbons (Fsp3) is 0.700. The van der Waals surface area contributed by atoms with Crippen molar-refractivity contribution in [3.8, 4) is 0 Å². The van der Waals surface area contributed by atoms with Crippen LogP contribution in [0.25, 0.3) is 0 Å². The topological polar surface area (TPSA) is 48.1 Å². The summed E-state index contributed by atoms with van der Waals surface area (Å²) in [6.07, 6.45) is 1.04. The molecule has 1 saturated heterocycles. The highest BCUT2D eigenvalue weighted by molar-refractivity contribution is 7.99. The molecule has 3 nitrogen and oxygen atoms in total. The van der Waals surface area contributed by atoms with Crippen molar-refractivity contribution in [2.45, 2.75) is 25.5 Å². The van der Waals surface area contributed by atoms with Crippen molar-refractivity contribution in [3.05, 3.63) is 16.1 Å². The maximum absolute atomic E-state index is 6.12. The predicted octanol–water partition coefficient (Wildman–Crippen LogP) is 1.45. The van der Waals surface area contributed by atoms with Gasteiger partial charge >= 0.3 is 0 Å². The summed E-state index contributed by atoms with van der Waals surface area (Å²) in [5.74, 6) is 2.12. The van der Waals surface area contributed by atoms with E-state index in [0.29, 0.717) is 0 Å². The van der Waals surface area contributed by atoms with Gasteiger partial charge in [0.2, 0.25) is 0 Å². The Hall–Kier alpha value is -0.100. The van der Waals surface area contributed by atoms with Crippen molar-refractivity contribution >= 4 is 23.1 Å². The summed E-state index contributed by atoms with van der Waals surface area (Å²) in [4.78, 5) is 4.42. The maximum Gasteiger partial charge on any atom is 0.0944 e. The van der Waals surface area contributed by atoms with Gasteiger partial charge in [-0.15, -0.1) is 11.3 Å². The van der Waals surface area contributed by atoms with E-state index in [1.165, 1.54) is 0 Å². The Morgan fingerprint density at radius 2 is 2.60 bits per heavy atom. The molecule has 1 aromatic heterocycles. The van der Waals surface area contributed by atoms with Crippen molar-refractivity contribution in [1.29, 1.82) is 0 Å². The van der Waals surface area contributed by atoms with Crippen LogP contribution in [0.1, 0.15) is 10.7 Å². The van der Waals surface area contributed by atoms with Gasteiger partial charge in [0.05, 0.1) is 17.7 Å². The average Bonchev–Trinajstić information content (AvgIpc) is 2.65. The third-order valence-electron chi connectivity index (χ3n) is 2.40. The minimum Gasteiger partial charge on any atom is -0.375 e. The summed E-state index contributed by atoms with van der Waals surface area (Å²) >= 11 is 3.61. The van der Waals surface area contributed by atoms with Gasteiger partial charge in [0, 0.05) is 35.0 Å². The van der Waals surface area contributed by atoms with Gasteiger partial charge in [0.25, 0.3) is 0 Å².